The average Bonchev–Trinajstić information content (AvgIpc) is 3.89. The molecule has 0 saturated heterocycles. The maximum absolute atomic E-state index is 11.2. The van der Waals surface area contributed by atoms with Gasteiger partial charge in [0, 0.05) is 51.0 Å². The van der Waals surface area contributed by atoms with E-state index in [9.17, 15) is 5.11 Å². The van der Waals surface area contributed by atoms with Crippen LogP contribution in [-0.4, -0.2) is 21.8 Å². The number of aromatic hydroxyl groups is 1. The van der Waals surface area contributed by atoms with Crippen molar-refractivity contribution in [2.45, 2.75) is 68.9 Å². The Labute approximate surface area is 322 Å². The van der Waals surface area contributed by atoms with Crippen LogP contribution in [0.4, 0.5) is 11.4 Å². The van der Waals surface area contributed by atoms with Gasteiger partial charge >= 0.3 is 0 Å². The lowest BCUT2D eigenvalue weighted by Crippen LogP contribution is -2.31. The van der Waals surface area contributed by atoms with Crippen molar-refractivity contribution >= 4 is 33.2 Å². The zero-order valence-corrected chi connectivity index (χ0v) is 31.1. The summed E-state index contributed by atoms with van der Waals surface area (Å²) in [5.74, 6) is 2.32. The van der Waals surface area contributed by atoms with Gasteiger partial charge in [0.05, 0.1) is 22.8 Å². The monoisotopic (exact) mass is 716 g/mol. The third-order valence-electron chi connectivity index (χ3n) is 12.8. The molecule has 270 valence electrons. The van der Waals surface area contributed by atoms with Gasteiger partial charge in [0.15, 0.2) is 0 Å². The number of phenolic OH excluding ortho intramolecular Hbond substituents is 1. The fourth-order valence-corrected chi connectivity index (χ4v) is 10.5. The first-order chi connectivity index (χ1) is 27.2. The largest absolute Gasteiger partial charge is 0.507 e. The van der Waals surface area contributed by atoms with Crippen molar-refractivity contribution in [1.29, 1.82) is 0 Å². The highest BCUT2D eigenvalue weighted by Crippen LogP contribution is 2.56. The van der Waals surface area contributed by atoms with Crippen molar-refractivity contribution < 1.29 is 9.84 Å². The topological polar surface area (TPSA) is 37.6 Å². The number of aromatic nitrogens is 1. The van der Waals surface area contributed by atoms with E-state index >= 15 is 0 Å². The van der Waals surface area contributed by atoms with Crippen LogP contribution < -0.4 is 9.64 Å². The molecule has 0 fully saturated rings. The summed E-state index contributed by atoms with van der Waals surface area (Å²) < 4.78 is 9.18. The predicted molar refractivity (Wildman–Crippen MR) is 225 cm³/mol. The molecule has 55 heavy (non-hydrogen) atoms. The molecule has 4 nitrogen and oxygen atoms in total. The molecule has 4 aliphatic rings. The Morgan fingerprint density at radius 2 is 1.49 bits per heavy atom. The molecule has 4 heteroatoms. The second kappa shape index (κ2) is 12.8. The lowest BCUT2D eigenvalue weighted by Gasteiger charge is -2.34. The Balaban J connectivity index is 1.02. The quantitative estimate of drug-likeness (QED) is 0.174. The van der Waals surface area contributed by atoms with Crippen LogP contribution in [-0.2, 0) is 6.42 Å². The summed E-state index contributed by atoms with van der Waals surface area (Å²) in [6.07, 6.45) is 15.1. The van der Waals surface area contributed by atoms with Crippen molar-refractivity contribution in [1.82, 2.24) is 4.57 Å². The molecule has 2 aliphatic carbocycles. The molecular formula is C51H44N2O2. The normalized spacial score (nSPS) is 22.1. The number of hydrogen-bond donors (Lipinski definition) is 1. The van der Waals surface area contributed by atoms with Crippen molar-refractivity contribution in [3.05, 3.63) is 174 Å². The number of fused-ring (bicyclic) bond motifs is 9. The number of phenols is 1. The number of hydrogen-bond acceptors (Lipinski definition) is 3. The SMILES string of the molecule is CCCc1ccccc1-c1cc(-n2c3ccccc3c3c(C4C=CC5C(C4)c4ccccc4N5c4cccc5c4OC4CCC=CC54)cccc32)ccc1O. The van der Waals surface area contributed by atoms with Gasteiger partial charge in [-0.1, -0.05) is 123 Å². The molecule has 0 radical (unpaired) electrons. The van der Waals surface area contributed by atoms with Crippen LogP contribution in [0, 0.1) is 0 Å². The maximum atomic E-state index is 11.2. The van der Waals surface area contributed by atoms with E-state index in [0.717, 1.165) is 54.7 Å². The second-order valence-corrected chi connectivity index (χ2v) is 15.8. The molecule has 2 aliphatic heterocycles. The van der Waals surface area contributed by atoms with Gasteiger partial charge in [-0.15, -0.1) is 0 Å². The molecule has 6 aromatic carbocycles. The van der Waals surface area contributed by atoms with Gasteiger partial charge in [0.25, 0.3) is 0 Å². The number of nitrogens with zero attached hydrogens (tertiary/aromatic N) is 2. The molecule has 0 saturated carbocycles. The maximum Gasteiger partial charge on any atom is 0.147 e. The molecule has 0 spiro atoms. The molecule has 3 heterocycles. The van der Waals surface area contributed by atoms with Crippen LogP contribution in [0.1, 0.15) is 72.6 Å². The van der Waals surface area contributed by atoms with Gasteiger partial charge in [-0.3, -0.25) is 0 Å². The highest BCUT2D eigenvalue weighted by atomic mass is 16.5. The Hall–Kier alpha value is -6.00. The van der Waals surface area contributed by atoms with Crippen LogP contribution in [0.3, 0.4) is 0 Å². The number of allylic oxidation sites excluding steroid dienone is 2. The number of ether oxygens (including phenoxy) is 1. The van der Waals surface area contributed by atoms with Gasteiger partial charge in [0.1, 0.15) is 17.6 Å². The Bertz CT molecular complexity index is 2700. The number of rotatable bonds is 6. The fourth-order valence-electron chi connectivity index (χ4n) is 10.5. The average molecular weight is 717 g/mol. The Morgan fingerprint density at radius 1 is 0.709 bits per heavy atom. The van der Waals surface area contributed by atoms with E-state index in [2.05, 4.69) is 162 Å². The predicted octanol–water partition coefficient (Wildman–Crippen LogP) is 12.7. The number of anilines is 2. The molecular weight excluding hydrogens is 673 g/mol. The first kappa shape index (κ1) is 32.4. The smallest absolute Gasteiger partial charge is 0.147 e. The van der Waals surface area contributed by atoms with Crippen molar-refractivity contribution in [3.63, 3.8) is 0 Å². The molecule has 0 bridgehead atoms. The molecule has 11 rings (SSSR count). The lowest BCUT2D eigenvalue weighted by atomic mass is 9.77. The summed E-state index contributed by atoms with van der Waals surface area (Å²) in [7, 11) is 0. The molecule has 1 N–H and O–H groups in total. The third kappa shape index (κ3) is 4.97. The van der Waals surface area contributed by atoms with Crippen LogP contribution in [0.15, 0.2) is 152 Å². The highest BCUT2D eigenvalue weighted by molar-refractivity contribution is 6.11. The van der Waals surface area contributed by atoms with Crippen LogP contribution in [0.5, 0.6) is 11.5 Å². The summed E-state index contributed by atoms with van der Waals surface area (Å²) in [6, 6.07) is 46.3. The van der Waals surface area contributed by atoms with Crippen LogP contribution in [0.2, 0.25) is 0 Å². The summed E-state index contributed by atoms with van der Waals surface area (Å²) in [4.78, 5) is 2.57. The fraction of sp³-hybridized carbons (Fsp3) is 0.216. The first-order valence-electron chi connectivity index (χ1n) is 20.1. The van der Waals surface area contributed by atoms with E-state index in [1.165, 1.54) is 55.4 Å². The minimum Gasteiger partial charge on any atom is -0.507 e. The molecule has 5 atom stereocenters. The van der Waals surface area contributed by atoms with Gasteiger partial charge in [-0.05, 0) is 90.4 Å². The van der Waals surface area contributed by atoms with E-state index in [1.807, 2.05) is 6.07 Å². The van der Waals surface area contributed by atoms with Crippen molar-refractivity contribution in [2.24, 2.45) is 0 Å². The van der Waals surface area contributed by atoms with Gasteiger partial charge < -0.3 is 19.3 Å². The summed E-state index contributed by atoms with van der Waals surface area (Å²) >= 11 is 0. The Kier molecular flexibility index (Phi) is 7.55. The van der Waals surface area contributed by atoms with Crippen LogP contribution in [0.25, 0.3) is 38.6 Å². The van der Waals surface area contributed by atoms with Gasteiger partial charge in [-0.25, -0.2) is 0 Å². The lowest BCUT2D eigenvalue weighted by molar-refractivity contribution is 0.205. The minimum absolute atomic E-state index is 0.216. The van der Waals surface area contributed by atoms with E-state index < -0.39 is 0 Å². The van der Waals surface area contributed by atoms with E-state index in [1.54, 1.807) is 0 Å². The Morgan fingerprint density at radius 3 is 2.44 bits per heavy atom. The van der Waals surface area contributed by atoms with Crippen LogP contribution >= 0.6 is 0 Å². The van der Waals surface area contributed by atoms with E-state index in [0.29, 0.717) is 17.6 Å². The van der Waals surface area contributed by atoms with E-state index in [-0.39, 0.29) is 18.1 Å². The highest BCUT2D eigenvalue weighted by Gasteiger charge is 2.44. The zero-order chi connectivity index (χ0) is 36.6. The standard InChI is InChI=1S/C51H44N2O2/c1-2-13-32-14-3-4-15-35(32)42-31-34(27-29-48(42)54)52-44-22-9-6-18-40(44)50-36(19-11-23-46(50)52)33-26-28-45-41(30-33)37-16-5-8-21-43(37)53(45)47-24-12-20-39-38-17-7-10-25-49(38)55-51(39)47/h3-9,11-12,14-24,26-29,31,33,38,41,45,49,54H,2,10,13,25,30H2,1H3. The van der Waals surface area contributed by atoms with Crippen molar-refractivity contribution in [2.75, 3.05) is 4.90 Å². The summed E-state index contributed by atoms with van der Waals surface area (Å²) in [6.45, 7) is 2.21. The minimum atomic E-state index is 0.216. The van der Waals surface area contributed by atoms with Gasteiger partial charge in [-0.2, -0.15) is 0 Å². The van der Waals surface area contributed by atoms with E-state index in [4.69, 9.17) is 4.74 Å². The van der Waals surface area contributed by atoms with Gasteiger partial charge in [0.2, 0.25) is 0 Å². The zero-order valence-electron chi connectivity index (χ0n) is 31.1. The molecule has 7 aromatic rings. The molecule has 1 aromatic heterocycles. The first-order valence-corrected chi connectivity index (χ1v) is 20.1. The summed E-state index contributed by atoms with van der Waals surface area (Å²) in [5.41, 5.74) is 13.2. The molecule has 0 amide bonds. The summed E-state index contributed by atoms with van der Waals surface area (Å²) in [5, 5.41) is 13.8. The molecule has 5 unspecified atom stereocenters. The number of benzene rings is 6. The van der Waals surface area contributed by atoms with Crippen molar-refractivity contribution in [3.8, 4) is 28.3 Å². The second-order valence-electron chi connectivity index (χ2n) is 15.8. The third-order valence-corrected chi connectivity index (χ3v) is 12.8. The number of aryl methyl sites for hydroxylation is 1. The number of para-hydroxylation sites is 3.